The van der Waals surface area contributed by atoms with Crippen molar-refractivity contribution in [2.24, 2.45) is 0 Å². The van der Waals surface area contributed by atoms with Crippen LogP contribution in [0.25, 0.3) is 11.1 Å². The van der Waals surface area contributed by atoms with Crippen molar-refractivity contribution in [3.8, 4) is 11.1 Å². The van der Waals surface area contributed by atoms with Crippen molar-refractivity contribution >= 4 is 38.2 Å². The summed E-state index contributed by atoms with van der Waals surface area (Å²) in [5.74, 6) is -0.380. The zero-order chi connectivity index (χ0) is 14.9. The van der Waals surface area contributed by atoms with Crippen molar-refractivity contribution in [1.82, 2.24) is 0 Å². The molecule has 3 nitrogen and oxygen atoms in total. The molecule has 0 saturated heterocycles. The number of carbonyl (C=O) groups is 1. The number of benzene rings is 1. The average molecular weight is 354 g/mol. The van der Waals surface area contributed by atoms with Crippen LogP contribution in [0.5, 0.6) is 0 Å². The lowest BCUT2D eigenvalue weighted by Gasteiger charge is -2.20. The molecule has 0 spiro atoms. The maximum absolute atomic E-state index is 12.3. The summed E-state index contributed by atoms with van der Waals surface area (Å²) in [7, 11) is 0. The number of ether oxygens (including phenoxy) is 1. The van der Waals surface area contributed by atoms with Gasteiger partial charge in [-0.3, -0.25) is 0 Å². The number of nitrogen functional groups attached to an aromatic ring is 1. The lowest BCUT2D eigenvalue weighted by atomic mass is 10.0. The Morgan fingerprint density at radius 2 is 1.85 bits per heavy atom. The Balaban J connectivity index is 2.42. The van der Waals surface area contributed by atoms with Gasteiger partial charge in [-0.05, 0) is 38.5 Å². The van der Waals surface area contributed by atoms with Gasteiger partial charge in [-0.1, -0.05) is 28.1 Å². The van der Waals surface area contributed by atoms with Crippen molar-refractivity contribution < 1.29 is 9.53 Å². The highest BCUT2D eigenvalue weighted by molar-refractivity contribution is 9.10. The molecule has 0 fully saturated rings. The molecular formula is C15H16BrNO2S. The first kappa shape index (κ1) is 15.1. The van der Waals surface area contributed by atoms with Crippen LogP contribution < -0.4 is 5.73 Å². The summed E-state index contributed by atoms with van der Waals surface area (Å²) in [5.41, 5.74) is 7.61. The SMILES string of the molecule is CC(C)(C)OC(=O)c1c(-c2ccc(Br)cc2)csc1N. The van der Waals surface area contributed by atoms with Crippen molar-refractivity contribution in [1.29, 1.82) is 0 Å². The number of rotatable bonds is 2. The van der Waals surface area contributed by atoms with Gasteiger partial charge in [-0.15, -0.1) is 11.3 Å². The van der Waals surface area contributed by atoms with Crippen molar-refractivity contribution in [2.75, 3.05) is 5.73 Å². The monoisotopic (exact) mass is 353 g/mol. The van der Waals surface area contributed by atoms with Crippen LogP contribution in [0.4, 0.5) is 5.00 Å². The van der Waals surface area contributed by atoms with E-state index in [9.17, 15) is 4.79 Å². The molecule has 0 saturated carbocycles. The normalized spacial score (nSPS) is 11.4. The van der Waals surface area contributed by atoms with Crippen LogP contribution in [-0.4, -0.2) is 11.6 Å². The van der Waals surface area contributed by atoms with Gasteiger partial charge in [0, 0.05) is 15.4 Å². The van der Waals surface area contributed by atoms with Gasteiger partial charge in [0.15, 0.2) is 0 Å². The lowest BCUT2D eigenvalue weighted by Crippen LogP contribution is -2.24. The molecule has 106 valence electrons. The molecule has 0 amide bonds. The molecule has 0 unspecified atom stereocenters. The van der Waals surface area contributed by atoms with Gasteiger partial charge >= 0.3 is 5.97 Å². The molecule has 0 aliphatic rings. The molecular weight excluding hydrogens is 338 g/mol. The molecule has 0 aliphatic heterocycles. The highest BCUT2D eigenvalue weighted by Gasteiger charge is 2.24. The molecule has 1 aromatic carbocycles. The van der Waals surface area contributed by atoms with Gasteiger partial charge in [-0.25, -0.2) is 4.79 Å². The molecule has 0 bridgehead atoms. The Morgan fingerprint density at radius 3 is 2.40 bits per heavy atom. The fraction of sp³-hybridized carbons (Fsp3) is 0.267. The number of thiophene rings is 1. The second kappa shape index (κ2) is 5.58. The van der Waals surface area contributed by atoms with Crippen molar-refractivity contribution in [2.45, 2.75) is 26.4 Å². The minimum Gasteiger partial charge on any atom is -0.456 e. The van der Waals surface area contributed by atoms with Gasteiger partial charge in [0.25, 0.3) is 0 Å². The molecule has 2 aromatic rings. The predicted molar refractivity (Wildman–Crippen MR) is 87.0 cm³/mol. The van der Waals surface area contributed by atoms with Crippen LogP contribution >= 0.6 is 27.3 Å². The fourth-order valence-corrected chi connectivity index (χ4v) is 2.83. The predicted octanol–water partition coefficient (Wildman–Crippen LogP) is 4.72. The standard InChI is InChI=1S/C15H16BrNO2S/c1-15(2,3)19-14(18)12-11(8-20-13(12)17)9-4-6-10(16)7-5-9/h4-8H,17H2,1-3H3. The largest absolute Gasteiger partial charge is 0.456 e. The maximum atomic E-state index is 12.3. The van der Waals surface area contributed by atoms with E-state index in [1.807, 2.05) is 50.4 Å². The summed E-state index contributed by atoms with van der Waals surface area (Å²) in [5, 5.41) is 2.37. The number of hydrogen-bond acceptors (Lipinski definition) is 4. The molecule has 0 atom stereocenters. The molecule has 2 N–H and O–H groups in total. The molecule has 5 heteroatoms. The number of esters is 1. The first-order chi connectivity index (χ1) is 9.28. The third kappa shape index (κ3) is 3.41. The number of anilines is 1. The van der Waals surface area contributed by atoms with E-state index in [1.54, 1.807) is 0 Å². The highest BCUT2D eigenvalue weighted by atomic mass is 79.9. The summed E-state index contributed by atoms with van der Waals surface area (Å²) in [6.45, 7) is 5.52. The first-order valence-electron chi connectivity index (χ1n) is 6.14. The Kier molecular flexibility index (Phi) is 4.20. The Morgan fingerprint density at radius 1 is 1.25 bits per heavy atom. The van der Waals surface area contributed by atoms with E-state index in [0.717, 1.165) is 15.6 Å². The molecule has 0 radical (unpaired) electrons. The van der Waals surface area contributed by atoms with Gasteiger partial charge in [-0.2, -0.15) is 0 Å². The zero-order valence-corrected chi connectivity index (χ0v) is 14.0. The quantitative estimate of drug-likeness (QED) is 0.795. The second-order valence-electron chi connectivity index (χ2n) is 5.40. The highest BCUT2D eigenvalue weighted by Crippen LogP contribution is 2.35. The summed E-state index contributed by atoms with van der Waals surface area (Å²) < 4.78 is 6.42. The van der Waals surface area contributed by atoms with E-state index >= 15 is 0 Å². The minimum atomic E-state index is -0.539. The number of halogens is 1. The van der Waals surface area contributed by atoms with Crippen LogP contribution in [0.2, 0.25) is 0 Å². The van der Waals surface area contributed by atoms with Crippen LogP contribution in [0, 0.1) is 0 Å². The third-order valence-corrected chi connectivity index (χ3v) is 3.92. The van der Waals surface area contributed by atoms with E-state index in [4.69, 9.17) is 10.5 Å². The molecule has 1 aromatic heterocycles. The summed E-state index contributed by atoms with van der Waals surface area (Å²) in [4.78, 5) is 12.3. The number of nitrogens with two attached hydrogens (primary N) is 1. The van der Waals surface area contributed by atoms with Crippen molar-refractivity contribution in [3.63, 3.8) is 0 Å². The van der Waals surface area contributed by atoms with Crippen molar-refractivity contribution in [3.05, 3.63) is 39.7 Å². The topological polar surface area (TPSA) is 52.3 Å². The number of carbonyl (C=O) groups excluding carboxylic acids is 1. The average Bonchev–Trinajstić information content (AvgIpc) is 2.70. The van der Waals surface area contributed by atoms with E-state index in [1.165, 1.54) is 11.3 Å². The smallest absolute Gasteiger partial charge is 0.342 e. The van der Waals surface area contributed by atoms with Crippen LogP contribution in [-0.2, 0) is 4.74 Å². The van der Waals surface area contributed by atoms with Gasteiger partial charge in [0.05, 0.1) is 0 Å². The van der Waals surface area contributed by atoms with Crippen LogP contribution in [0.3, 0.4) is 0 Å². The Hall–Kier alpha value is -1.33. The summed E-state index contributed by atoms with van der Waals surface area (Å²) in [6.07, 6.45) is 0. The second-order valence-corrected chi connectivity index (χ2v) is 7.22. The first-order valence-corrected chi connectivity index (χ1v) is 7.81. The molecule has 2 rings (SSSR count). The van der Waals surface area contributed by atoms with Crippen LogP contribution in [0.1, 0.15) is 31.1 Å². The summed E-state index contributed by atoms with van der Waals surface area (Å²) in [6, 6.07) is 7.75. The lowest BCUT2D eigenvalue weighted by molar-refractivity contribution is 0.00722. The zero-order valence-electron chi connectivity index (χ0n) is 11.6. The van der Waals surface area contributed by atoms with Gasteiger partial charge in [0.1, 0.15) is 16.2 Å². The third-order valence-electron chi connectivity index (χ3n) is 2.58. The van der Waals surface area contributed by atoms with E-state index < -0.39 is 5.60 Å². The molecule has 1 heterocycles. The Bertz CT molecular complexity index is 626. The van der Waals surface area contributed by atoms with E-state index in [-0.39, 0.29) is 5.97 Å². The number of hydrogen-bond donors (Lipinski definition) is 1. The summed E-state index contributed by atoms with van der Waals surface area (Å²) >= 11 is 4.75. The van der Waals surface area contributed by atoms with Gasteiger partial charge < -0.3 is 10.5 Å². The minimum absolute atomic E-state index is 0.380. The fourth-order valence-electron chi connectivity index (χ4n) is 1.75. The van der Waals surface area contributed by atoms with E-state index in [0.29, 0.717) is 10.6 Å². The Labute approximate surface area is 130 Å². The molecule has 0 aliphatic carbocycles. The molecule has 20 heavy (non-hydrogen) atoms. The van der Waals surface area contributed by atoms with E-state index in [2.05, 4.69) is 15.9 Å². The van der Waals surface area contributed by atoms with Gasteiger partial charge in [0.2, 0.25) is 0 Å². The van der Waals surface area contributed by atoms with Crippen LogP contribution in [0.15, 0.2) is 34.1 Å². The maximum Gasteiger partial charge on any atom is 0.342 e.